The van der Waals surface area contributed by atoms with Gasteiger partial charge in [0.25, 0.3) is 11.8 Å². The van der Waals surface area contributed by atoms with Crippen molar-refractivity contribution in [1.82, 2.24) is 40.9 Å². The molecule has 0 saturated carbocycles. The van der Waals surface area contributed by atoms with E-state index in [1.165, 1.54) is 38.3 Å². The van der Waals surface area contributed by atoms with E-state index in [0.29, 0.717) is 41.8 Å². The van der Waals surface area contributed by atoms with E-state index in [-0.39, 0.29) is 99.1 Å². The number of primary amides is 1. The molecule has 13 atom stereocenters. The van der Waals surface area contributed by atoms with Gasteiger partial charge in [0.1, 0.15) is 24.7 Å². The van der Waals surface area contributed by atoms with Gasteiger partial charge in [-0.05, 0) is 92.4 Å². The Bertz CT molecular complexity index is 3000. The number of ketones is 1. The molecule has 0 aliphatic carbocycles. The molecule has 0 bridgehead atoms. The molecule has 2 aromatic rings. The van der Waals surface area contributed by atoms with Crippen molar-refractivity contribution in [2.75, 3.05) is 46.7 Å². The van der Waals surface area contributed by atoms with Crippen molar-refractivity contribution in [2.45, 2.75) is 201 Å². The van der Waals surface area contributed by atoms with Gasteiger partial charge < -0.3 is 71.4 Å². The number of likely N-dealkylation sites (N-methyl/N-ethyl adjacent to an activating group) is 2. The number of carboxylic acids is 1. The number of carbonyl (C=O) groups excluding carboxylic acids is 11. The number of methoxy groups -OCH3 is 2. The maximum atomic E-state index is 14.9. The van der Waals surface area contributed by atoms with Crippen molar-refractivity contribution in [3.8, 4) is 0 Å². The van der Waals surface area contributed by atoms with Crippen LogP contribution in [0.4, 0.5) is 15.3 Å². The smallest absolute Gasteiger partial charge is 0.410 e. The maximum Gasteiger partial charge on any atom is 0.410 e. The van der Waals surface area contributed by atoms with Gasteiger partial charge in [-0.15, -0.1) is 0 Å². The summed E-state index contributed by atoms with van der Waals surface area (Å²) < 4.78 is 17.8. The van der Waals surface area contributed by atoms with Crippen LogP contribution in [0.25, 0.3) is 0 Å². The number of anilines is 1. The minimum absolute atomic E-state index is 0.0199. The molecule has 1 fully saturated rings. The Morgan fingerprint density at radius 2 is 1.36 bits per heavy atom. The largest absolute Gasteiger partial charge is 0.481 e. The number of nitrogens with one attached hydrogen (secondary N) is 5. The number of hydrogen-bond acceptors (Lipinski definition) is 16. The lowest BCUT2D eigenvalue weighted by molar-refractivity contribution is -0.149. The second-order valence-electron chi connectivity index (χ2n) is 26.2. The van der Waals surface area contributed by atoms with Crippen LogP contribution in [0.1, 0.15) is 151 Å². The van der Waals surface area contributed by atoms with E-state index in [1.54, 1.807) is 82.7 Å². The van der Waals surface area contributed by atoms with Crippen molar-refractivity contribution in [3.05, 3.63) is 77.9 Å². The molecule has 1 saturated heterocycles. The molecule has 0 radical (unpaired) electrons. The van der Waals surface area contributed by atoms with E-state index in [1.807, 2.05) is 45.9 Å². The van der Waals surface area contributed by atoms with Gasteiger partial charge in [0.05, 0.1) is 54.8 Å². The fourth-order valence-electron chi connectivity index (χ4n) is 12.6. The lowest BCUT2D eigenvalue weighted by atomic mass is 9.83. The van der Waals surface area contributed by atoms with E-state index in [9.17, 15) is 67.7 Å². The number of aliphatic hydroxyl groups excluding tert-OH is 1. The number of imide groups is 1. The zero-order valence-corrected chi connectivity index (χ0v) is 58.2. The van der Waals surface area contributed by atoms with E-state index < -0.39 is 132 Å². The van der Waals surface area contributed by atoms with Crippen LogP contribution >= 0.6 is 0 Å². The van der Waals surface area contributed by atoms with Crippen LogP contribution < -0.4 is 32.3 Å². The van der Waals surface area contributed by atoms with Crippen LogP contribution in [-0.4, -0.2) is 197 Å². The van der Waals surface area contributed by atoms with E-state index in [0.717, 1.165) is 12.2 Å². The van der Waals surface area contributed by atoms with Gasteiger partial charge in [0, 0.05) is 78.0 Å². The Morgan fingerprint density at radius 1 is 0.729 bits per heavy atom. The number of carboxylic acid groups (broad SMARTS) is 1. The molecule has 0 aromatic heterocycles. The quantitative estimate of drug-likeness (QED) is 0.0314. The van der Waals surface area contributed by atoms with Crippen LogP contribution in [0, 0.1) is 35.5 Å². The number of amides is 11. The molecule has 11 amide bonds. The minimum Gasteiger partial charge on any atom is -0.481 e. The fourth-order valence-corrected chi connectivity index (χ4v) is 12.6. The predicted molar refractivity (Wildman–Crippen MR) is 357 cm³/mol. The summed E-state index contributed by atoms with van der Waals surface area (Å²) in [5, 5.41) is 33.5. The minimum atomic E-state index is -1.44. The number of aliphatic carboxylic acids is 1. The molecule has 96 heavy (non-hydrogen) atoms. The third kappa shape index (κ3) is 22.7. The van der Waals surface area contributed by atoms with Crippen LogP contribution in [0.2, 0.25) is 0 Å². The van der Waals surface area contributed by atoms with Gasteiger partial charge in [-0.1, -0.05) is 111 Å². The second-order valence-corrected chi connectivity index (χ2v) is 26.2. The number of hydrogen-bond donors (Lipinski definition) is 8. The number of urea groups is 1. The van der Waals surface area contributed by atoms with Gasteiger partial charge in [0.15, 0.2) is 5.78 Å². The summed E-state index contributed by atoms with van der Waals surface area (Å²) in [6, 6.07) is 7.80. The summed E-state index contributed by atoms with van der Waals surface area (Å²) in [5.74, 6) is -9.38. The molecule has 27 heteroatoms. The van der Waals surface area contributed by atoms with Crippen molar-refractivity contribution in [2.24, 2.45) is 41.2 Å². The lowest BCUT2D eigenvalue weighted by Crippen LogP contribution is -2.58. The number of likely N-dealkylation sites (tertiary alicyclic amines) is 1. The first kappa shape index (κ1) is 80.1. The van der Waals surface area contributed by atoms with Crippen molar-refractivity contribution < 1.29 is 82.0 Å². The van der Waals surface area contributed by atoms with Crippen LogP contribution in [0.3, 0.4) is 0 Å². The molecular weight excluding hydrogens is 1240 g/mol. The summed E-state index contributed by atoms with van der Waals surface area (Å²) in [5.41, 5.74) is 6.67. The summed E-state index contributed by atoms with van der Waals surface area (Å²) in [4.78, 5) is 166. The van der Waals surface area contributed by atoms with Crippen molar-refractivity contribution in [1.29, 1.82) is 0 Å². The van der Waals surface area contributed by atoms with Gasteiger partial charge in [-0.2, -0.15) is 0 Å². The average Bonchev–Trinajstić information content (AvgIpc) is 1.48. The fraction of sp³-hybridized carbons (Fsp3) is 0.623. The summed E-state index contributed by atoms with van der Waals surface area (Å²) in [6.07, 6.45) is -0.126. The Labute approximate surface area is 564 Å². The monoisotopic (exact) mass is 1340 g/mol. The topological polar surface area (TPSA) is 372 Å². The normalized spacial score (nSPS) is 17.6. The van der Waals surface area contributed by atoms with E-state index >= 15 is 0 Å². The number of aliphatic hydroxyl groups is 1. The molecule has 0 unspecified atom stereocenters. The van der Waals surface area contributed by atoms with Gasteiger partial charge in [-0.3, -0.25) is 52.8 Å². The number of benzene rings is 2. The maximum absolute atomic E-state index is 14.9. The van der Waals surface area contributed by atoms with Crippen LogP contribution in [0.5, 0.6) is 0 Å². The zero-order chi connectivity index (χ0) is 71.8. The van der Waals surface area contributed by atoms with E-state index in [4.69, 9.17) is 19.9 Å². The number of ether oxygens (including phenoxy) is 3. The Morgan fingerprint density at radius 3 is 1.92 bits per heavy atom. The number of Topliss-reactive ketones (excluding diaryl/α,β-unsaturated/α-hetero) is 1. The van der Waals surface area contributed by atoms with Gasteiger partial charge in [-0.25, -0.2) is 9.59 Å². The molecule has 9 N–H and O–H groups in total. The molecular formula is C69H104N10O17. The first-order chi connectivity index (χ1) is 45.3. The SMILES string of the molecule is CC[C@H](C)[C@@H]([C@@H](CC(=O)N1CCC[C@H]1[C@@H](OC)[C@@H](C)C(=O)N[C@@H](C)[C@H](O)c1ccccc1)OC)N(C)C(=O)[C@@H](CC(=O)[C@H](C(C)C)N(C)C(=O)OCc1ccc(NC(=O)[C@@H](CCCNC(N)=O)NC(=O)[C@@H](NC(=O)[C@H](CCCC(=O)O)N2C(=O)C=CC2=O)C(C)C)cc1)C(C)C. The molecule has 2 heterocycles. The number of nitrogens with two attached hydrogens (primary N) is 1. The number of rotatable bonds is 39. The van der Waals surface area contributed by atoms with Gasteiger partial charge >= 0.3 is 18.1 Å². The number of carbonyl (C=O) groups is 12. The third-order valence-corrected chi connectivity index (χ3v) is 18.2. The van der Waals surface area contributed by atoms with Crippen LogP contribution in [-0.2, 0) is 68.8 Å². The number of nitrogens with zero attached hydrogens (tertiary/aromatic N) is 4. The summed E-state index contributed by atoms with van der Waals surface area (Å²) in [7, 11) is 6.12. The molecule has 27 nitrogen and oxygen atoms in total. The highest BCUT2D eigenvalue weighted by Crippen LogP contribution is 2.32. The van der Waals surface area contributed by atoms with Crippen molar-refractivity contribution in [3.63, 3.8) is 0 Å². The zero-order valence-electron chi connectivity index (χ0n) is 58.2. The van der Waals surface area contributed by atoms with Crippen LogP contribution in [0.15, 0.2) is 66.7 Å². The molecule has 2 aliphatic heterocycles. The first-order valence-corrected chi connectivity index (χ1v) is 33.2. The summed E-state index contributed by atoms with van der Waals surface area (Å²) >= 11 is 0. The molecule has 4 rings (SSSR count). The standard InChI is InChI=1S/C69H104N10O17/c1-15-42(8)60(53(94-13)37-56(83)78-35-21-26-50(78)62(95-14)43(9)63(87)72-44(10)61(86)46-22-17-16-18-23-46)76(11)67(91)48(39(2)3)36-52(80)59(41(6)7)77(12)69(93)96-38-45-28-30-47(31-29-45)73-64(88)49(24-20-34-71-68(70)92)74-66(90)58(40(4)5)75-65(89)51(25-19-27-57(84)85)79-54(81)32-33-55(79)82/h16-18,22-23,28-33,39-44,48-51,53,58-62,86H,15,19-21,24-27,34-38H2,1-14H3,(H,72,87)(H,73,88)(H,74,90)(H,75,89)(H,84,85)(H3,70,71,92)/t42-,43+,44-,48-,49+,50-,51-,53+,58-,59-,60-,61-,62-/m0/s1. The predicted octanol–water partition coefficient (Wildman–Crippen LogP) is 5.23. The molecule has 2 aliphatic rings. The highest BCUT2D eigenvalue weighted by Gasteiger charge is 2.45. The Kier molecular flexibility index (Phi) is 32.1. The highest BCUT2D eigenvalue weighted by atomic mass is 16.6. The average molecular weight is 1350 g/mol. The lowest BCUT2D eigenvalue weighted by Gasteiger charge is -2.41. The molecule has 2 aromatic carbocycles. The second kappa shape index (κ2) is 38.4. The van der Waals surface area contributed by atoms with E-state index in [2.05, 4.69) is 26.6 Å². The Balaban J connectivity index is 1.42. The Hall–Kier alpha value is -8.30. The van der Waals surface area contributed by atoms with Crippen molar-refractivity contribution >= 4 is 76.8 Å². The first-order valence-electron chi connectivity index (χ1n) is 33.2. The summed E-state index contributed by atoms with van der Waals surface area (Å²) in [6.45, 7) is 18.1. The highest BCUT2D eigenvalue weighted by molar-refractivity contribution is 6.15. The molecule has 532 valence electrons. The molecule has 0 spiro atoms. The van der Waals surface area contributed by atoms with Gasteiger partial charge in [0.2, 0.25) is 35.4 Å². The third-order valence-electron chi connectivity index (χ3n) is 18.2.